The Kier molecular flexibility index (Phi) is 6.74. The maximum Gasteiger partial charge on any atom is 0.427 e. The van der Waals surface area contributed by atoms with Crippen molar-refractivity contribution in [2.75, 3.05) is 33.4 Å². The van der Waals surface area contributed by atoms with Crippen LogP contribution in [0.1, 0.15) is 19.3 Å². The number of aliphatic hydroxyl groups excluding tert-OH is 1. The van der Waals surface area contributed by atoms with Crippen molar-refractivity contribution in [3.8, 4) is 0 Å². The number of alkyl halides is 3. The number of hydrogen-bond acceptors (Lipinski definition) is 8. The van der Waals surface area contributed by atoms with E-state index in [1.54, 1.807) is 0 Å². The molecule has 1 aromatic heterocycles. The molecule has 1 amide bonds. The monoisotopic (exact) mass is 468 g/mol. The Morgan fingerprint density at radius 1 is 1.39 bits per heavy atom. The number of likely N-dealkylation sites (tertiary alicyclic amines) is 1. The summed E-state index contributed by atoms with van der Waals surface area (Å²) in [6.45, 7) is -1.03. The smallest absolute Gasteiger partial charge is 0.427 e. The minimum absolute atomic E-state index is 0.0425. The minimum Gasteiger partial charge on any atom is -0.434 e. The van der Waals surface area contributed by atoms with Crippen molar-refractivity contribution in [2.24, 2.45) is 0 Å². The largest absolute Gasteiger partial charge is 0.434 e. The van der Waals surface area contributed by atoms with Gasteiger partial charge in [0.05, 0.1) is 37.3 Å². The fourth-order valence-electron chi connectivity index (χ4n) is 3.68. The summed E-state index contributed by atoms with van der Waals surface area (Å²) in [4.78, 5) is 20.6. The lowest BCUT2D eigenvalue weighted by molar-refractivity contribution is -0.215. The molecule has 2 aliphatic heterocycles. The van der Waals surface area contributed by atoms with Crippen LogP contribution in [-0.4, -0.2) is 96.1 Å². The van der Waals surface area contributed by atoms with Crippen LogP contribution >= 0.6 is 0 Å². The SMILES string of the molecule is CN(C1COC2(CCN(C(=O)OC(CO)C(F)(F)F)CC2)C1)S(=O)(=O)c1cncnc1. The number of piperidine rings is 1. The second-order valence-electron chi connectivity index (χ2n) is 7.53. The molecule has 0 saturated carbocycles. The number of halogens is 3. The number of aromatic nitrogens is 2. The van der Waals surface area contributed by atoms with Crippen LogP contribution in [0.2, 0.25) is 0 Å². The van der Waals surface area contributed by atoms with Crippen molar-refractivity contribution in [3.05, 3.63) is 18.7 Å². The van der Waals surface area contributed by atoms with Gasteiger partial charge >= 0.3 is 12.3 Å². The molecular weight excluding hydrogens is 445 g/mol. The highest BCUT2D eigenvalue weighted by Crippen LogP contribution is 2.38. The molecule has 2 saturated heterocycles. The fraction of sp³-hybridized carbons (Fsp3) is 0.706. The summed E-state index contributed by atoms with van der Waals surface area (Å²) in [5.74, 6) is 0. The van der Waals surface area contributed by atoms with E-state index >= 15 is 0 Å². The van der Waals surface area contributed by atoms with E-state index in [1.807, 2.05) is 0 Å². The van der Waals surface area contributed by atoms with Gasteiger partial charge in [-0.3, -0.25) is 0 Å². The number of hydrogen-bond donors (Lipinski definition) is 1. The van der Waals surface area contributed by atoms with E-state index in [4.69, 9.17) is 9.84 Å². The first-order valence-electron chi connectivity index (χ1n) is 9.49. The predicted octanol–water partition coefficient (Wildman–Crippen LogP) is 0.780. The quantitative estimate of drug-likeness (QED) is 0.673. The molecule has 1 spiro atoms. The van der Waals surface area contributed by atoms with Gasteiger partial charge in [0.25, 0.3) is 0 Å². The summed E-state index contributed by atoms with van der Waals surface area (Å²) >= 11 is 0. The summed E-state index contributed by atoms with van der Waals surface area (Å²) in [6.07, 6.45) is -3.96. The molecule has 0 aliphatic carbocycles. The van der Waals surface area contributed by atoms with Gasteiger partial charge in [-0.05, 0) is 19.3 Å². The predicted molar refractivity (Wildman–Crippen MR) is 98.3 cm³/mol. The van der Waals surface area contributed by atoms with Crippen molar-refractivity contribution < 1.29 is 41.0 Å². The topological polar surface area (TPSA) is 122 Å². The number of likely N-dealkylation sites (N-methyl/N-ethyl adjacent to an activating group) is 1. The Labute approximate surface area is 177 Å². The lowest BCUT2D eigenvalue weighted by Gasteiger charge is -2.38. The zero-order chi connectivity index (χ0) is 22.9. The van der Waals surface area contributed by atoms with Gasteiger partial charge in [-0.25, -0.2) is 23.2 Å². The summed E-state index contributed by atoms with van der Waals surface area (Å²) in [7, 11) is -2.38. The summed E-state index contributed by atoms with van der Waals surface area (Å²) in [5, 5.41) is 8.81. The minimum atomic E-state index is -4.86. The van der Waals surface area contributed by atoms with E-state index in [9.17, 15) is 26.4 Å². The number of carbonyl (C=O) groups is 1. The maximum absolute atomic E-state index is 12.8. The number of aliphatic hydroxyl groups is 1. The molecule has 3 heterocycles. The van der Waals surface area contributed by atoms with Crippen molar-refractivity contribution >= 4 is 16.1 Å². The second kappa shape index (κ2) is 8.84. The lowest BCUT2D eigenvalue weighted by Crippen LogP contribution is -2.49. The molecule has 2 aliphatic rings. The summed E-state index contributed by atoms with van der Waals surface area (Å²) in [5.41, 5.74) is -0.682. The third-order valence-electron chi connectivity index (χ3n) is 5.62. The summed E-state index contributed by atoms with van der Waals surface area (Å²) < 4.78 is 75.1. The van der Waals surface area contributed by atoms with Crippen LogP contribution in [0.25, 0.3) is 0 Å². The van der Waals surface area contributed by atoms with Gasteiger partial charge in [-0.15, -0.1) is 0 Å². The normalized spacial score (nSPS) is 22.6. The molecule has 0 radical (unpaired) electrons. The molecular formula is C17H23F3N4O6S. The number of rotatable bonds is 5. The number of carbonyl (C=O) groups excluding carboxylic acids is 1. The molecule has 174 valence electrons. The van der Waals surface area contributed by atoms with Crippen molar-refractivity contribution in [3.63, 3.8) is 0 Å². The lowest BCUT2D eigenvalue weighted by atomic mass is 9.87. The van der Waals surface area contributed by atoms with Gasteiger partial charge in [-0.2, -0.15) is 17.5 Å². The van der Waals surface area contributed by atoms with Crippen LogP contribution in [0.15, 0.2) is 23.6 Å². The molecule has 0 bridgehead atoms. The van der Waals surface area contributed by atoms with Gasteiger partial charge in [0, 0.05) is 20.1 Å². The molecule has 2 atom stereocenters. The Morgan fingerprint density at radius 2 is 2.00 bits per heavy atom. The first-order valence-corrected chi connectivity index (χ1v) is 10.9. The second-order valence-corrected chi connectivity index (χ2v) is 9.53. The molecule has 1 aromatic rings. The van der Waals surface area contributed by atoms with Crippen molar-refractivity contribution in [2.45, 2.75) is 48.1 Å². The van der Waals surface area contributed by atoms with E-state index in [0.717, 1.165) is 4.90 Å². The number of nitrogens with zero attached hydrogens (tertiary/aromatic N) is 4. The van der Waals surface area contributed by atoms with Crippen LogP contribution in [0.3, 0.4) is 0 Å². The van der Waals surface area contributed by atoms with Crippen molar-refractivity contribution in [1.82, 2.24) is 19.2 Å². The van der Waals surface area contributed by atoms with E-state index in [2.05, 4.69) is 14.7 Å². The molecule has 0 aromatic carbocycles. The average molecular weight is 468 g/mol. The van der Waals surface area contributed by atoms with Crippen LogP contribution < -0.4 is 0 Å². The molecule has 2 fully saturated rings. The zero-order valence-electron chi connectivity index (χ0n) is 16.7. The standard InChI is InChI=1S/C17H23F3N4O6S/c1-23(31(27,28)13-7-21-11-22-8-13)12-6-16(29-10-12)2-4-24(5-3-16)15(26)30-14(9-25)17(18,19)20/h7-8,11-12,14,25H,2-6,9-10H2,1H3. The third-order valence-corrected chi connectivity index (χ3v) is 7.49. The van der Waals surface area contributed by atoms with Crippen LogP contribution in [0.4, 0.5) is 18.0 Å². The first-order chi connectivity index (χ1) is 14.5. The number of amides is 1. The highest BCUT2D eigenvalue weighted by atomic mass is 32.2. The highest BCUT2D eigenvalue weighted by molar-refractivity contribution is 7.89. The molecule has 31 heavy (non-hydrogen) atoms. The molecule has 10 nitrogen and oxygen atoms in total. The highest BCUT2D eigenvalue weighted by Gasteiger charge is 2.48. The van der Waals surface area contributed by atoms with E-state index in [1.165, 1.54) is 30.1 Å². The molecule has 3 rings (SSSR count). The first kappa shape index (κ1) is 23.6. The van der Waals surface area contributed by atoms with Gasteiger partial charge < -0.3 is 19.5 Å². The van der Waals surface area contributed by atoms with Gasteiger partial charge in [-0.1, -0.05) is 0 Å². The number of sulfonamides is 1. The van der Waals surface area contributed by atoms with Gasteiger partial charge in [0.15, 0.2) is 0 Å². The van der Waals surface area contributed by atoms with Crippen LogP contribution in [-0.2, 0) is 19.5 Å². The Balaban J connectivity index is 1.58. The van der Waals surface area contributed by atoms with Crippen molar-refractivity contribution in [1.29, 1.82) is 0 Å². The Hall–Kier alpha value is -2.03. The van der Waals surface area contributed by atoms with E-state index in [-0.39, 0.29) is 24.6 Å². The number of ether oxygens (including phenoxy) is 2. The molecule has 1 N–H and O–H groups in total. The third kappa shape index (κ3) is 5.07. The zero-order valence-corrected chi connectivity index (χ0v) is 17.5. The van der Waals surface area contributed by atoms with Crippen LogP contribution in [0.5, 0.6) is 0 Å². The van der Waals surface area contributed by atoms with Gasteiger partial charge in [0.1, 0.15) is 11.2 Å². The van der Waals surface area contributed by atoms with E-state index < -0.39 is 46.6 Å². The van der Waals surface area contributed by atoms with Gasteiger partial charge in [0.2, 0.25) is 16.1 Å². The Morgan fingerprint density at radius 3 is 2.55 bits per heavy atom. The average Bonchev–Trinajstić information content (AvgIpc) is 3.14. The van der Waals surface area contributed by atoms with Crippen LogP contribution in [0, 0.1) is 0 Å². The Bertz CT molecular complexity index is 878. The molecule has 2 unspecified atom stereocenters. The molecule has 14 heteroatoms. The fourth-order valence-corrected chi connectivity index (χ4v) is 4.93. The summed E-state index contributed by atoms with van der Waals surface area (Å²) in [6, 6.07) is -0.451. The van der Waals surface area contributed by atoms with E-state index in [0.29, 0.717) is 19.3 Å². The maximum atomic E-state index is 12.8.